The summed E-state index contributed by atoms with van der Waals surface area (Å²) < 4.78 is 25.9. The van der Waals surface area contributed by atoms with Crippen molar-refractivity contribution in [3.05, 3.63) is 23.8 Å². The molecule has 19 heavy (non-hydrogen) atoms. The van der Waals surface area contributed by atoms with Gasteiger partial charge in [-0.3, -0.25) is 4.79 Å². The van der Waals surface area contributed by atoms with Crippen LogP contribution in [0.2, 0.25) is 0 Å². The Morgan fingerprint density at radius 1 is 1.32 bits per heavy atom. The number of amides is 1. The van der Waals surface area contributed by atoms with E-state index in [9.17, 15) is 13.2 Å². The SMILES string of the molecule is CCNCC(=O)Nc1ccc(C)c(S(=O)(=O)NC)c1. The molecule has 7 heteroatoms. The van der Waals surface area contributed by atoms with Gasteiger partial charge in [0.25, 0.3) is 0 Å². The molecule has 106 valence electrons. The van der Waals surface area contributed by atoms with Crippen molar-refractivity contribution < 1.29 is 13.2 Å². The Hall–Kier alpha value is -1.44. The molecule has 0 saturated carbocycles. The van der Waals surface area contributed by atoms with E-state index in [2.05, 4.69) is 15.4 Å². The van der Waals surface area contributed by atoms with Gasteiger partial charge in [-0.15, -0.1) is 0 Å². The Labute approximate surface area is 113 Å². The molecule has 0 unspecified atom stereocenters. The minimum Gasteiger partial charge on any atom is -0.325 e. The Morgan fingerprint density at radius 2 is 2.00 bits per heavy atom. The van der Waals surface area contributed by atoms with E-state index in [4.69, 9.17) is 0 Å². The first kappa shape index (κ1) is 15.6. The summed E-state index contributed by atoms with van der Waals surface area (Å²) in [5, 5.41) is 5.54. The molecule has 1 rings (SSSR count). The normalized spacial score (nSPS) is 11.3. The first-order valence-corrected chi connectivity index (χ1v) is 7.43. The van der Waals surface area contributed by atoms with E-state index in [1.54, 1.807) is 19.1 Å². The van der Waals surface area contributed by atoms with E-state index in [0.717, 1.165) is 0 Å². The summed E-state index contributed by atoms with van der Waals surface area (Å²) in [7, 11) is -2.17. The van der Waals surface area contributed by atoms with Crippen LogP contribution in [0.15, 0.2) is 23.1 Å². The van der Waals surface area contributed by atoms with Crippen LogP contribution in [0.25, 0.3) is 0 Å². The van der Waals surface area contributed by atoms with E-state index < -0.39 is 10.0 Å². The van der Waals surface area contributed by atoms with E-state index in [1.807, 2.05) is 6.92 Å². The minimum atomic E-state index is -3.52. The number of hydrogen-bond donors (Lipinski definition) is 3. The van der Waals surface area contributed by atoms with Crippen molar-refractivity contribution in [2.75, 3.05) is 25.5 Å². The van der Waals surface area contributed by atoms with Gasteiger partial charge in [-0.2, -0.15) is 0 Å². The lowest BCUT2D eigenvalue weighted by Crippen LogP contribution is -2.28. The second-order valence-electron chi connectivity index (χ2n) is 4.02. The van der Waals surface area contributed by atoms with Crippen LogP contribution < -0.4 is 15.4 Å². The molecular weight excluding hydrogens is 266 g/mol. The molecule has 1 amide bonds. The molecule has 0 fully saturated rings. The number of rotatable bonds is 6. The van der Waals surface area contributed by atoms with Gasteiger partial charge in [0.1, 0.15) is 0 Å². The van der Waals surface area contributed by atoms with Gasteiger partial charge in [0.05, 0.1) is 11.4 Å². The minimum absolute atomic E-state index is 0.163. The summed E-state index contributed by atoms with van der Waals surface area (Å²) in [4.78, 5) is 11.7. The Bertz CT molecular complexity index is 555. The first-order chi connectivity index (χ1) is 8.90. The maximum atomic E-state index is 11.8. The van der Waals surface area contributed by atoms with Gasteiger partial charge in [-0.1, -0.05) is 13.0 Å². The van der Waals surface area contributed by atoms with E-state index in [0.29, 0.717) is 17.8 Å². The molecule has 0 radical (unpaired) electrons. The van der Waals surface area contributed by atoms with Crippen LogP contribution >= 0.6 is 0 Å². The molecule has 1 aromatic carbocycles. The molecule has 0 atom stereocenters. The van der Waals surface area contributed by atoms with Crippen molar-refractivity contribution >= 4 is 21.6 Å². The smallest absolute Gasteiger partial charge is 0.240 e. The molecular formula is C12H19N3O3S. The number of carbonyl (C=O) groups is 1. The van der Waals surface area contributed by atoms with Gasteiger partial charge in [0.15, 0.2) is 0 Å². The molecule has 0 aliphatic rings. The van der Waals surface area contributed by atoms with Gasteiger partial charge in [0.2, 0.25) is 15.9 Å². The van der Waals surface area contributed by atoms with Gasteiger partial charge >= 0.3 is 0 Å². The summed E-state index contributed by atoms with van der Waals surface area (Å²) in [6.07, 6.45) is 0. The summed E-state index contributed by atoms with van der Waals surface area (Å²) >= 11 is 0. The monoisotopic (exact) mass is 285 g/mol. The molecule has 0 aliphatic carbocycles. The van der Waals surface area contributed by atoms with Gasteiger partial charge in [-0.25, -0.2) is 13.1 Å². The summed E-state index contributed by atoms with van der Waals surface area (Å²) in [5.74, 6) is -0.210. The summed E-state index contributed by atoms with van der Waals surface area (Å²) in [6.45, 7) is 4.49. The van der Waals surface area contributed by atoms with Gasteiger partial charge in [-0.05, 0) is 38.2 Å². The fourth-order valence-electron chi connectivity index (χ4n) is 1.52. The molecule has 0 aromatic heterocycles. The maximum absolute atomic E-state index is 11.8. The highest BCUT2D eigenvalue weighted by atomic mass is 32.2. The Balaban J connectivity index is 2.94. The zero-order chi connectivity index (χ0) is 14.5. The average Bonchev–Trinajstić information content (AvgIpc) is 2.38. The number of aryl methyl sites for hydroxylation is 1. The van der Waals surface area contributed by atoms with E-state index in [1.165, 1.54) is 13.1 Å². The Morgan fingerprint density at radius 3 is 2.58 bits per heavy atom. The van der Waals surface area contributed by atoms with Crippen LogP contribution in [-0.2, 0) is 14.8 Å². The van der Waals surface area contributed by atoms with Crippen LogP contribution in [0, 0.1) is 6.92 Å². The maximum Gasteiger partial charge on any atom is 0.240 e. The second-order valence-corrected chi connectivity index (χ2v) is 5.87. The average molecular weight is 285 g/mol. The number of likely N-dealkylation sites (N-methyl/N-ethyl adjacent to an activating group) is 1. The van der Waals surface area contributed by atoms with Crippen LogP contribution in [0.4, 0.5) is 5.69 Å². The van der Waals surface area contributed by atoms with Crippen LogP contribution in [-0.4, -0.2) is 34.5 Å². The standard InChI is InChI=1S/C12H19N3O3S/c1-4-14-8-12(16)15-10-6-5-9(2)11(7-10)19(17,18)13-3/h5-7,13-14H,4,8H2,1-3H3,(H,15,16). The van der Waals surface area contributed by atoms with Crippen LogP contribution in [0.1, 0.15) is 12.5 Å². The number of nitrogens with one attached hydrogen (secondary N) is 3. The van der Waals surface area contributed by atoms with E-state index >= 15 is 0 Å². The van der Waals surface area contributed by atoms with E-state index in [-0.39, 0.29) is 17.3 Å². The third-order valence-electron chi connectivity index (χ3n) is 2.57. The Kier molecular flexibility index (Phi) is 5.46. The fourth-order valence-corrected chi connectivity index (χ4v) is 2.51. The highest BCUT2D eigenvalue weighted by molar-refractivity contribution is 7.89. The highest BCUT2D eigenvalue weighted by Crippen LogP contribution is 2.19. The second kappa shape index (κ2) is 6.65. The number of carbonyl (C=O) groups excluding carboxylic acids is 1. The number of hydrogen-bond acceptors (Lipinski definition) is 4. The van der Waals surface area contributed by atoms with Crippen molar-refractivity contribution in [1.29, 1.82) is 0 Å². The largest absolute Gasteiger partial charge is 0.325 e. The van der Waals surface area contributed by atoms with Crippen molar-refractivity contribution in [3.8, 4) is 0 Å². The van der Waals surface area contributed by atoms with Gasteiger partial charge < -0.3 is 10.6 Å². The van der Waals surface area contributed by atoms with Gasteiger partial charge in [0, 0.05) is 5.69 Å². The zero-order valence-corrected chi connectivity index (χ0v) is 12.1. The summed E-state index contributed by atoms with van der Waals surface area (Å²) in [6, 6.07) is 4.78. The van der Waals surface area contributed by atoms with Crippen molar-refractivity contribution in [2.45, 2.75) is 18.7 Å². The molecule has 0 spiro atoms. The molecule has 0 heterocycles. The fraction of sp³-hybridized carbons (Fsp3) is 0.417. The third-order valence-corrected chi connectivity index (χ3v) is 4.12. The van der Waals surface area contributed by atoms with Crippen LogP contribution in [0.5, 0.6) is 0 Å². The lowest BCUT2D eigenvalue weighted by Gasteiger charge is -2.10. The highest BCUT2D eigenvalue weighted by Gasteiger charge is 2.15. The number of anilines is 1. The summed E-state index contributed by atoms with van der Waals surface area (Å²) in [5.41, 5.74) is 1.08. The van der Waals surface area contributed by atoms with Crippen molar-refractivity contribution in [2.24, 2.45) is 0 Å². The number of benzene rings is 1. The molecule has 1 aromatic rings. The topological polar surface area (TPSA) is 87.3 Å². The lowest BCUT2D eigenvalue weighted by molar-refractivity contribution is -0.115. The van der Waals surface area contributed by atoms with Crippen molar-refractivity contribution in [3.63, 3.8) is 0 Å². The number of sulfonamides is 1. The van der Waals surface area contributed by atoms with Crippen LogP contribution in [0.3, 0.4) is 0 Å². The third kappa shape index (κ3) is 4.30. The lowest BCUT2D eigenvalue weighted by atomic mass is 10.2. The van der Waals surface area contributed by atoms with Crippen molar-refractivity contribution in [1.82, 2.24) is 10.0 Å². The molecule has 6 nitrogen and oxygen atoms in total. The zero-order valence-electron chi connectivity index (χ0n) is 11.3. The molecule has 0 saturated heterocycles. The molecule has 0 aliphatic heterocycles. The quantitative estimate of drug-likeness (QED) is 0.708. The predicted molar refractivity (Wildman–Crippen MR) is 74.6 cm³/mol. The predicted octanol–water partition coefficient (Wildman–Crippen LogP) is 0.451. The molecule has 3 N–H and O–H groups in total. The molecule has 0 bridgehead atoms. The first-order valence-electron chi connectivity index (χ1n) is 5.95.